The molecule has 0 aliphatic carbocycles. The fourth-order valence-electron chi connectivity index (χ4n) is 2.39. The van der Waals surface area contributed by atoms with E-state index in [-0.39, 0.29) is 5.69 Å². The van der Waals surface area contributed by atoms with Crippen LogP contribution in [0.3, 0.4) is 0 Å². The highest BCUT2D eigenvalue weighted by Crippen LogP contribution is 2.22. The summed E-state index contributed by atoms with van der Waals surface area (Å²) in [6.45, 7) is 0.643. The quantitative estimate of drug-likeness (QED) is 0.759. The molecule has 0 fully saturated rings. The molecule has 0 atom stereocenters. The molecule has 0 aliphatic heterocycles. The molecule has 0 unspecified atom stereocenters. The first-order valence-corrected chi connectivity index (χ1v) is 7.22. The molecule has 5 heteroatoms. The lowest BCUT2D eigenvalue weighted by molar-refractivity contribution is 0.0995. The number of nitrogens with two attached hydrogens (primary N) is 1. The van der Waals surface area contributed by atoms with Crippen LogP contribution < -0.4 is 15.8 Å². The van der Waals surface area contributed by atoms with Gasteiger partial charge in [0.05, 0.1) is 7.11 Å². The predicted octanol–water partition coefficient (Wildman–Crippen LogP) is 2.95. The van der Waals surface area contributed by atoms with Gasteiger partial charge in [-0.3, -0.25) is 9.78 Å². The first-order chi connectivity index (χ1) is 11.2. The van der Waals surface area contributed by atoms with E-state index in [2.05, 4.69) is 28.5 Å². The highest BCUT2D eigenvalue weighted by atomic mass is 16.5. The van der Waals surface area contributed by atoms with Crippen molar-refractivity contribution in [3.05, 3.63) is 66.0 Å². The number of rotatable bonds is 5. The Hall–Kier alpha value is -3.08. The van der Waals surface area contributed by atoms with Crippen molar-refractivity contribution in [3.63, 3.8) is 0 Å². The highest BCUT2D eigenvalue weighted by molar-refractivity contribution is 5.91. The number of benzene rings is 2. The predicted molar refractivity (Wildman–Crippen MR) is 90.6 cm³/mol. The number of ether oxygens (including phenoxy) is 1. The number of hydrogen-bond acceptors (Lipinski definition) is 4. The van der Waals surface area contributed by atoms with Crippen LogP contribution in [0.25, 0.3) is 10.8 Å². The summed E-state index contributed by atoms with van der Waals surface area (Å²) in [5.41, 5.74) is 7.43. The number of pyridine rings is 1. The van der Waals surface area contributed by atoms with Gasteiger partial charge in [0.25, 0.3) is 5.91 Å². The first-order valence-electron chi connectivity index (χ1n) is 7.22. The number of aromatic nitrogens is 1. The molecule has 0 spiro atoms. The molecule has 3 N–H and O–H groups in total. The van der Waals surface area contributed by atoms with Gasteiger partial charge in [0.2, 0.25) is 0 Å². The minimum Gasteiger partial charge on any atom is -0.497 e. The smallest absolute Gasteiger partial charge is 0.267 e. The average Bonchev–Trinajstić information content (AvgIpc) is 2.59. The maximum absolute atomic E-state index is 11.1. The van der Waals surface area contributed by atoms with Crippen molar-refractivity contribution in [1.82, 2.24) is 4.98 Å². The maximum Gasteiger partial charge on any atom is 0.267 e. The van der Waals surface area contributed by atoms with Crippen molar-refractivity contribution >= 4 is 22.4 Å². The van der Waals surface area contributed by atoms with Crippen molar-refractivity contribution in [1.29, 1.82) is 0 Å². The van der Waals surface area contributed by atoms with Gasteiger partial charge >= 0.3 is 0 Å². The van der Waals surface area contributed by atoms with Crippen LogP contribution in [-0.2, 0) is 6.54 Å². The van der Waals surface area contributed by atoms with E-state index in [4.69, 9.17) is 10.5 Å². The Bertz CT molecular complexity index is 862. The summed E-state index contributed by atoms with van der Waals surface area (Å²) in [5.74, 6) is 0.312. The first kappa shape index (κ1) is 14.8. The molecule has 1 heterocycles. The van der Waals surface area contributed by atoms with Crippen LogP contribution in [0.15, 0.2) is 54.7 Å². The van der Waals surface area contributed by atoms with Gasteiger partial charge in [-0.15, -0.1) is 0 Å². The average molecular weight is 307 g/mol. The van der Waals surface area contributed by atoms with Crippen LogP contribution in [0.4, 0.5) is 5.69 Å². The third-order valence-corrected chi connectivity index (χ3v) is 3.62. The second-order valence-corrected chi connectivity index (χ2v) is 5.19. The van der Waals surface area contributed by atoms with Crippen LogP contribution in [-0.4, -0.2) is 18.0 Å². The van der Waals surface area contributed by atoms with Gasteiger partial charge in [-0.2, -0.15) is 0 Å². The molecule has 0 saturated heterocycles. The van der Waals surface area contributed by atoms with E-state index < -0.39 is 5.91 Å². The molecule has 1 amide bonds. The van der Waals surface area contributed by atoms with Crippen molar-refractivity contribution < 1.29 is 9.53 Å². The van der Waals surface area contributed by atoms with Crippen LogP contribution in [0.5, 0.6) is 5.75 Å². The number of amides is 1. The van der Waals surface area contributed by atoms with Gasteiger partial charge < -0.3 is 15.8 Å². The van der Waals surface area contributed by atoms with Crippen LogP contribution in [0.2, 0.25) is 0 Å². The summed E-state index contributed by atoms with van der Waals surface area (Å²) in [4.78, 5) is 15.1. The molecule has 5 nitrogen and oxygen atoms in total. The van der Waals surface area contributed by atoms with E-state index in [1.165, 1.54) is 0 Å². The van der Waals surface area contributed by atoms with Gasteiger partial charge in [-0.05, 0) is 46.7 Å². The summed E-state index contributed by atoms with van der Waals surface area (Å²) < 4.78 is 5.23. The number of carbonyl (C=O) groups is 1. The van der Waals surface area contributed by atoms with E-state index >= 15 is 0 Å². The molecule has 3 aromatic rings. The molecule has 0 aliphatic rings. The standard InChI is InChI=1S/C18H17N3O2/c1-23-16-5-4-13-8-12(2-3-14(13)9-16)11-21-15-6-7-20-17(10-15)18(19)22/h2-10H,11H2,1H3,(H2,19,22)(H,20,21). The molecular formula is C18H17N3O2. The lowest BCUT2D eigenvalue weighted by atomic mass is 10.1. The third kappa shape index (κ3) is 3.40. The molecular weight excluding hydrogens is 290 g/mol. The van der Waals surface area contributed by atoms with Gasteiger partial charge in [-0.1, -0.05) is 18.2 Å². The van der Waals surface area contributed by atoms with Crippen molar-refractivity contribution in [2.45, 2.75) is 6.54 Å². The Morgan fingerprint density at radius 3 is 2.70 bits per heavy atom. The molecule has 0 bridgehead atoms. The fraction of sp³-hybridized carbons (Fsp3) is 0.111. The molecule has 116 valence electrons. The second-order valence-electron chi connectivity index (χ2n) is 5.19. The minimum absolute atomic E-state index is 0.251. The lowest BCUT2D eigenvalue weighted by Gasteiger charge is -2.09. The van der Waals surface area contributed by atoms with E-state index in [9.17, 15) is 4.79 Å². The largest absolute Gasteiger partial charge is 0.497 e. The van der Waals surface area contributed by atoms with Crippen LogP contribution in [0, 0.1) is 0 Å². The van der Waals surface area contributed by atoms with Crippen LogP contribution >= 0.6 is 0 Å². The van der Waals surface area contributed by atoms with Crippen LogP contribution in [0.1, 0.15) is 16.1 Å². The lowest BCUT2D eigenvalue weighted by Crippen LogP contribution is -2.13. The molecule has 2 aromatic carbocycles. The number of nitrogens with one attached hydrogen (secondary N) is 1. The van der Waals surface area contributed by atoms with E-state index in [1.807, 2.05) is 18.2 Å². The summed E-state index contributed by atoms with van der Waals surface area (Å²) in [6, 6.07) is 15.7. The van der Waals surface area contributed by atoms with Gasteiger partial charge in [0, 0.05) is 18.4 Å². The minimum atomic E-state index is -0.534. The Morgan fingerprint density at radius 2 is 1.91 bits per heavy atom. The zero-order valence-electron chi connectivity index (χ0n) is 12.7. The summed E-state index contributed by atoms with van der Waals surface area (Å²) in [5, 5.41) is 5.55. The Kier molecular flexibility index (Phi) is 4.10. The van der Waals surface area contributed by atoms with Crippen molar-refractivity contribution in [2.75, 3.05) is 12.4 Å². The van der Waals surface area contributed by atoms with Crippen molar-refractivity contribution in [2.24, 2.45) is 5.73 Å². The number of nitrogens with zero attached hydrogens (tertiary/aromatic N) is 1. The number of hydrogen-bond donors (Lipinski definition) is 2. The normalized spacial score (nSPS) is 10.5. The van der Waals surface area contributed by atoms with Crippen molar-refractivity contribution in [3.8, 4) is 5.75 Å². The number of primary amides is 1. The molecule has 1 aromatic heterocycles. The summed E-state index contributed by atoms with van der Waals surface area (Å²) >= 11 is 0. The molecule has 0 radical (unpaired) electrons. The third-order valence-electron chi connectivity index (χ3n) is 3.62. The Balaban J connectivity index is 1.76. The number of carbonyl (C=O) groups excluding carboxylic acids is 1. The summed E-state index contributed by atoms with van der Waals surface area (Å²) in [6.07, 6.45) is 1.56. The SMILES string of the molecule is COc1ccc2cc(CNc3ccnc(C(N)=O)c3)ccc2c1. The molecule has 3 rings (SSSR count). The zero-order chi connectivity index (χ0) is 16.2. The highest BCUT2D eigenvalue weighted by Gasteiger charge is 2.03. The number of fused-ring (bicyclic) bond motifs is 1. The van der Waals surface area contributed by atoms with Gasteiger partial charge in [-0.25, -0.2) is 0 Å². The topological polar surface area (TPSA) is 77.2 Å². The fourth-order valence-corrected chi connectivity index (χ4v) is 2.39. The van der Waals surface area contributed by atoms with Gasteiger partial charge in [0.1, 0.15) is 11.4 Å². The number of anilines is 1. The Morgan fingerprint density at radius 1 is 1.13 bits per heavy atom. The molecule has 0 saturated carbocycles. The molecule has 23 heavy (non-hydrogen) atoms. The zero-order valence-corrected chi connectivity index (χ0v) is 12.7. The van der Waals surface area contributed by atoms with E-state index in [0.717, 1.165) is 27.8 Å². The maximum atomic E-state index is 11.1. The Labute approximate surface area is 134 Å². The van der Waals surface area contributed by atoms with E-state index in [0.29, 0.717) is 6.54 Å². The second kappa shape index (κ2) is 6.36. The van der Waals surface area contributed by atoms with E-state index in [1.54, 1.807) is 25.4 Å². The number of methoxy groups -OCH3 is 1. The monoisotopic (exact) mass is 307 g/mol. The summed E-state index contributed by atoms with van der Waals surface area (Å²) in [7, 11) is 1.66. The van der Waals surface area contributed by atoms with Gasteiger partial charge in [0.15, 0.2) is 0 Å².